The lowest BCUT2D eigenvalue weighted by molar-refractivity contribution is 0.0966. The van der Waals surface area contributed by atoms with Gasteiger partial charge in [-0.1, -0.05) is 6.07 Å². The van der Waals surface area contributed by atoms with Crippen LogP contribution in [0.2, 0.25) is 0 Å². The van der Waals surface area contributed by atoms with Crippen molar-refractivity contribution in [1.29, 1.82) is 0 Å². The van der Waals surface area contributed by atoms with Crippen LogP contribution in [0.3, 0.4) is 0 Å². The summed E-state index contributed by atoms with van der Waals surface area (Å²) in [5.41, 5.74) is 4.63. The number of anilines is 2. The Balaban J connectivity index is 1.56. The van der Waals surface area contributed by atoms with E-state index in [2.05, 4.69) is 20.6 Å². The van der Waals surface area contributed by atoms with E-state index in [1.165, 1.54) is 12.1 Å². The molecule has 0 saturated heterocycles. The maximum Gasteiger partial charge on any atom is 0.254 e. The van der Waals surface area contributed by atoms with Gasteiger partial charge in [0.25, 0.3) is 5.91 Å². The first-order chi connectivity index (χ1) is 15.4. The fraction of sp³-hybridized carbons (Fsp3) is 0.174. The van der Waals surface area contributed by atoms with Crippen LogP contribution in [0.25, 0.3) is 16.9 Å². The second-order valence-corrected chi connectivity index (χ2v) is 7.94. The van der Waals surface area contributed by atoms with Crippen molar-refractivity contribution in [2.24, 2.45) is 0 Å². The molecule has 0 radical (unpaired) electrons. The maximum absolute atomic E-state index is 13.6. The molecule has 1 aliphatic rings. The summed E-state index contributed by atoms with van der Waals surface area (Å²) in [5.74, 6) is 0.106. The molecule has 0 saturated carbocycles. The van der Waals surface area contributed by atoms with Crippen LogP contribution in [-0.4, -0.2) is 44.4 Å². The number of rotatable bonds is 5. The zero-order valence-corrected chi connectivity index (χ0v) is 17.6. The van der Waals surface area contributed by atoms with E-state index in [9.17, 15) is 14.3 Å². The Morgan fingerprint density at radius 2 is 2.09 bits per heavy atom. The van der Waals surface area contributed by atoms with Gasteiger partial charge in [0, 0.05) is 30.9 Å². The van der Waals surface area contributed by atoms with Crippen molar-refractivity contribution in [1.82, 2.24) is 24.6 Å². The van der Waals surface area contributed by atoms with Gasteiger partial charge in [-0.05, 0) is 43.9 Å². The van der Waals surface area contributed by atoms with Crippen molar-refractivity contribution in [2.75, 3.05) is 19.4 Å². The predicted molar refractivity (Wildman–Crippen MR) is 118 cm³/mol. The fourth-order valence-electron chi connectivity index (χ4n) is 3.96. The number of benzene rings is 1. The summed E-state index contributed by atoms with van der Waals surface area (Å²) < 4.78 is 15.4. The molecular weight excluding hydrogens is 411 g/mol. The van der Waals surface area contributed by atoms with Gasteiger partial charge in [0.2, 0.25) is 0 Å². The number of imidazole rings is 1. The molecule has 9 heteroatoms. The minimum Gasteiger partial charge on any atom is -0.506 e. The molecule has 8 nitrogen and oxygen atoms in total. The molecule has 4 aromatic rings. The van der Waals surface area contributed by atoms with Gasteiger partial charge >= 0.3 is 0 Å². The number of aromatic nitrogens is 3. The summed E-state index contributed by atoms with van der Waals surface area (Å²) in [6.45, 7) is 0.857. The number of nitrogens with one attached hydrogen (secondary N) is 2. The van der Waals surface area contributed by atoms with Gasteiger partial charge in [-0.2, -0.15) is 0 Å². The number of carbonyl (C=O) groups is 1. The molecular formula is C23H21FN6O2. The lowest BCUT2D eigenvalue weighted by Crippen LogP contribution is -2.14. The number of hydrogen-bond acceptors (Lipinski definition) is 6. The number of amides is 1. The van der Waals surface area contributed by atoms with Crippen LogP contribution in [-0.2, 0) is 13.1 Å². The van der Waals surface area contributed by atoms with E-state index in [4.69, 9.17) is 0 Å². The highest BCUT2D eigenvalue weighted by molar-refractivity contribution is 6.06. The van der Waals surface area contributed by atoms with Gasteiger partial charge in [-0.15, -0.1) is 0 Å². The third-order valence-electron chi connectivity index (χ3n) is 5.40. The molecule has 3 N–H and O–H groups in total. The maximum atomic E-state index is 13.6. The molecule has 1 amide bonds. The van der Waals surface area contributed by atoms with Crippen LogP contribution >= 0.6 is 0 Å². The van der Waals surface area contributed by atoms with Gasteiger partial charge in [0.15, 0.2) is 0 Å². The zero-order valence-electron chi connectivity index (χ0n) is 17.6. The number of hydrogen-bond donors (Lipinski definition) is 3. The predicted octanol–water partition coefficient (Wildman–Crippen LogP) is 3.29. The molecule has 1 aliphatic heterocycles. The van der Waals surface area contributed by atoms with Crippen molar-refractivity contribution in [3.8, 4) is 17.0 Å². The van der Waals surface area contributed by atoms with E-state index in [1.807, 2.05) is 31.1 Å². The minimum absolute atomic E-state index is 0.117. The van der Waals surface area contributed by atoms with Crippen LogP contribution in [0.15, 0.2) is 48.8 Å². The van der Waals surface area contributed by atoms with Crippen molar-refractivity contribution < 1.29 is 14.3 Å². The Hall–Kier alpha value is -3.98. The van der Waals surface area contributed by atoms with E-state index in [0.717, 1.165) is 16.8 Å². The van der Waals surface area contributed by atoms with Gasteiger partial charge in [-0.25, -0.2) is 14.4 Å². The first-order valence-corrected chi connectivity index (χ1v) is 10.1. The van der Waals surface area contributed by atoms with Gasteiger partial charge in [0.1, 0.15) is 23.0 Å². The Morgan fingerprint density at radius 3 is 2.91 bits per heavy atom. The average Bonchev–Trinajstić information content (AvgIpc) is 3.34. The van der Waals surface area contributed by atoms with Gasteiger partial charge in [0.05, 0.1) is 28.8 Å². The number of halogens is 1. The zero-order chi connectivity index (χ0) is 22.4. The summed E-state index contributed by atoms with van der Waals surface area (Å²) >= 11 is 0. The minimum atomic E-state index is -0.355. The third kappa shape index (κ3) is 3.42. The number of nitrogens with zero attached hydrogens (tertiary/aromatic N) is 4. The highest BCUT2D eigenvalue weighted by Gasteiger charge is 2.27. The summed E-state index contributed by atoms with van der Waals surface area (Å²) in [7, 11) is 3.79. The van der Waals surface area contributed by atoms with Gasteiger partial charge < -0.3 is 20.6 Å². The number of pyridine rings is 2. The average molecular weight is 432 g/mol. The number of aromatic hydroxyl groups is 1. The molecule has 0 fully saturated rings. The van der Waals surface area contributed by atoms with E-state index < -0.39 is 0 Å². The SMILES string of the molecule is CN(C)Cc1nc(Nc2ccc(-c3cnc4cc(F)ccn34)c3c2C(=O)NC3)ccc1O. The summed E-state index contributed by atoms with van der Waals surface area (Å²) in [6.07, 6.45) is 3.30. The standard InChI is InChI=1S/C23H21FN6O2/c1-29(2)12-17-19(31)5-6-20(28-17)27-16-4-3-14(15-10-26-23(32)22(15)16)18-11-25-21-9-13(24)7-8-30(18)21/h3-9,11,31H,10,12H2,1-2H3,(H,26,32)(H,27,28). The summed E-state index contributed by atoms with van der Waals surface area (Å²) in [6, 6.07) is 9.73. The van der Waals surface area contributed by atoms with E-state index in [-0.39, 0.29) is 17.5 Å². The molecule has 5 rings (SSSR count). The molecule has 0 spiro atoms. The molecule has 0 unspecified atom stereocenters. The highest BCUT2D eigenvalue weighted by atomic mass is 19.1. The topological polar surface area (TPSA) is 94.8 Å². The Kier molecular flexibility index (Phi) is 4.75. The van der Waals surface area contributed by atoms with E-state index in [1.54, 1.807) is 28.9 Å². The lowest BCUT2D eigenvalue weighted by atomic mass is 9.99. The van der Waals surface area contributed by atoms with E-state index in [0.29, 0.717) is 41.5 Å². The van der Waals surface area contributed by atoms with Crippen LogP contribution < -0.4 is 10.6 Å². The Bertz CT molecular complexity index is 1360. The van der Waals surface area contributed by atoms with Gasteiger partial charge in [-0.3, -0.25) is 9.20 Å². The first kappa shape index (κ1) is 20.0. The highest BCUT2D eigenvalue weighted by Crippen LogP contribution is 2.35. The number of fused-ring (bicyclic) bond motifs is 2. The molecule has 0 aliphatic carbocycles. The van der Waals surface area contributed by atoms with Crippen molar-refractivity contribution in [3.05, 3.63) is 71.4 Å². The van der Waals surface area contributed by atoms with Crippen LogP contribution in [0.4, 0.5) is 15.9 Å². The van der Waals surface area contributed by atoms with Crippen molar-refractivity contribution in [3.63, 3.8) is 0 Å². The summed E-state index contributed by atoms with van der Waals surface area (Å²) in [5, 5.41) is 16.2. The van der Waals surface area contributed by atoms with Crippen molar-refractivity contribution in [2.45, 2.75) is 13.1 Å². The molecule has 1 aromatic carbocycles. The second-order valence-electron chi connectivity index (χ2n) is 7.94. The summed E-state index contributed by atoms with van der Waals surface area (Å²) in [4.78, 5) is 23.4. The molecule has 0 bridgehead atoms. The van der Waals surface area contributed by atoms with E-state index >= 15 is 0 Å². The molecule has 3 aromatic heterocycles. The normalized spacial score (nSPS) is 12.9. The number of carbonyl (C=O) groups excluding carboxylic acids is 1. The molecule has 32 heavy (non-hydrogen) atoms. The smallest absolute Gasteiger partial charge is 0.254 e. The molecule has 162 valence electrons. The molecule has 0 atom stereocenters. The first-order valence-electron chi connectivity index (χ1n) is 10.1. The third-order valence-corrected chi connectivity index (χ3v) is 5.40. The largest absolute Gasteiger partial charge is 0.506 e. The van der Waals surface area contributed by atoms with Crippen molar-refractivity contribution >= 4 is 23.1 Å². The molecule has 4 heterocycles. The monoisotopic (exact) mass is 432 g/mol. The van der Waals surface area contributed by atoms with Crippen LogP contribution in [0.5, 0.6) is 5.75 Å². The Morgan fingerprint density at radius 1 is 1.25 bits per heavy atom. The van der Waals surface area contributed by atoms with Crippen LogP contribution in [0.1, 0.15) is 21.6 Å². The quantitative estimate of drug-likeness (QED) is 0.448. The fourth-order valence-corrected chi connectivity index (χ4v) is 3.96. The lowest BCUT2D eigenvalue weighted by Gasteiger charge is -2.15. The van der Waals surface area contributed by atoms with Crippen LogP contribution in [0, 0.1) is 5.82 Å². The second kappa shape index (κ2) is 7.61. The Labute approximate surface area is 183 Å².